The normalized spacial score (nSPS) is 32.5. The standard InChI is InChI=1S/C28H33N3O4/c1-3-12-31-13-11-27-24-18-7-8-21(32)25(24)35-26(27)20(9-10-28(27,34)22(31)16-18)30(2)23(33)15-17-5-4-6-19(29)14-17/h3-8,14,20,22,26,32,34H,1,9-13,15-16,29H2,2H3/t20-,22+,26-,27-,28+/m0/s1. The quantitative estimate of drug-likeness (QED) is 0.454. The van der Waals surface area contributed by atoms with Crippen LogP contribution in [0.1, 0.15) is 36.0 Å². The van der Waals surface area contributed by atoms with Gasteiger partial charge in [0.25, 0.3) is 0 Å². The number of nitrogen functional groups attached to an aromatic ring is 1. The number of aromatic hydroxyl groups is 1. The molecule has 5 atom stereocenters. The molecule has 0 aromatic heterocycles. The van der Waals surface area contributed by atoms with Gasteiger partial charge in [-0.05, 0) is 61.6 Å². The van der Waals surface area contributed by atoms with Crippen molar-refractivity contribution >= 4 is 11.6 Å². The molecular formula is C28H33N3O4. The summed E-state index contributed by atoms with van der Waals surface area (Å²) in [5, 5.41) is 23.2. The van der Waals surface area contributed by atoms with E-state index in [9.17, 15) is 15.0 Å². The van der Waals surface area contributed by atoms with Gasteiger partial charge in [-0.3, -0.25) is 9.69 Å². The number of nitrogens with two attached hydrogens (primary N) is 1. The van der Waals surface area contributed by atoms with Gasteiger partial charge in [0.2, 0.25) is 5.91 Å². The van der Waals surface area contributed by atoms with Crippen molar-refractivity contribution in [2.45, 2.75) is 61.3 Å². The summed E-state index contributed by atoms with van der Waals surface area (Å²) in [6, 6.07) is 10.8. The molecular weight excluding hydrogens is 442 g/mol. The lowest BCUT2D eigenvalue weighted by Gasteiger charge is -2.64. The number of nitrogens with zero attached hydrogens (tertiary/aromatic N) is 2. The Kier molecular flexibility index (Phi) is 4.96. The number of amides is 1. The summed E-state index contributed by atoms with van der Waals surface area (Å²) in [5.41, 5.74) is 7.85. The van der Waals surface area contributed by atoms with Crippen molar-refractivity contribution in [2.24, 2.45) is 0 Å². The summed E-state index contributed by atoms with van der Waals surface area (Å²) in [4.78, 5) is 17.5. The third-order valence-corrected chi connectivity index (χ3v) is 9.10. The van der Waals surface area contributed by atoms with E-state index >= 15 is 0 Å². The number of rotatable bonds is 5. The van der Waals surface area contributed by atoms with Crippen molar-refractivity contribution in [1.29, 1.82) is 0 Å². The third kappa shape index (κ3) is 2.94. The maximum Gasteiger partial charge on any atom is 0.227 e. The summed E-state index contributed by atoms with van der Waals surface area (Å²) < 4.78 is 6.56. The highest BCUT2D eigenvalue weighted by Gasteiger charge is 2.73. The fourth-order valence-electron chi connectivity index (χ4n) is 7.57. The van der Waals surface area contributed by atoms with Crippen LogP contribution in [0.25, 0.3) is 0 Å². The average molecular weight is 476 g/mol. The number of hydrogen-bond acceptors (Lipinski definition) is 6. The molecule has 2 fully saturated rings. The highest BCUT2D eigenvalue weighted by atomic mass is 16.5. The first-order valence-electron chi connectivity index (χ1n) is 12.5. The maximum absolute atomic E-state index is 13.4. The lowest BCUT2D eigenvalue weighted by Crippen LogP contribution is -2.78. The zero-order valence-electron chi connectivity index (χ0n) is 20.1. The fraction of sp³-hybridized carbons (Fsp3) is 0.464. The van der Waals surface area contributed by atoms with Gasteiger partial charge in [0.1, 0.15) is 6.10 Å². The van der Waals surface area contributed by atoms with E-state index in [1.54, 1.807) is 11.0 Å². The van der Waals surface area contributed by atoms with Crippen LogP contribution in [0, 0.1) is 0 Å². The van der Waals surface area contributed by atoms with Crippen LogP contribution in [0.15, 0.2) is 49.1 Å². The maximum atomic E-state index is 13.4. The van der Waals surface area contributed by atoms with Crippen LogP contribution in [0.5, 0.6) is 11.5 Å². The molecule has 2 aromatic rings. The molecule has 0 unspecified atom stereocenters. The van der Waals surface area contributed by atoms with Crippen LogP contribution in [0.4, 0.5) is 5.69 Å². The average Bonchev–Trinajstić information content (AvgIpc) is 3.18. The van der Waals surface area contributed by atoms with E-state index < -0.39 is 17.1 Å². The van der Waals surface area contributed by atoms with Crippen molar-refractivity contribution in [1.82, 2.24) is 9.80 Å². The molecule has 1 saturated carbocycles. The smallest absolute Gasteiger partial charge is 0.227 e. The number of carbonyl (C=O) groups is 1. The molecule has 4 N–H and O–H groups in total. The number of carbonyl (C=O) groups excluding carboxylic acids is 1. The number of likely N-dealkylation sites (tertiary alicyclic amines) is 1. The Balaban J connectivity index is 1.40. The Morgan fingerprint density at radius 3 is 2.94 bits per heavy atom. The second-order valence-electron chi connectivity index (χ2n) is 10.7. The van der Waals surface area contributed by atoms with E-state index in [1.807, 2.05) is 43.5 Å². The number of likely N-dealkylation sites (N-methyl/N-ethyl adjacent to an activating group) is 1. The highest BCUT2D eigenvalue weighted by Crippen LogP contribution is 2.65. The minimum atomic E-state index is -1.00. The van der Waals surface area contributed by atoms with E-state index in [2.05, 4.69) is 11.5 Å². The SMILES string of the molecule is C=CCN1CC[C@]23c4c5ccc(O)c4O[C@H]2[C@@H](N(C)C(=O)Cc2cccc(N)c2)CC[C@@]3(O)[C@H]1C5. The highest BCUT2D eigenvalue weighted by molar-refractivity contribution is 5.79. The van der Waals surface area contributed by atoms with Crippen LogP contribution >= 0.6 is 0 Å². The molecule has 0 radical (unpaired) electrons. The minimum absolute atomic E-state index is 0.0112. The summed E-state index contributed by atoms with van der Waals surface area (Å²) in [6.45, 7) is 5.45. The number of aliphatic hydroxyl groups is 1. The van der Waals surface area contributed by atoms with Crippen LogP contribution < -0.4 is 10.5 Å². The monoisotopic (exact) mass is 475 g/mol. The zero-order valence-corrected chi connectivity index (χ0v) is 20.1. The Bertz CT molecular complexity index is 1210. The first-order chi connectivity index (χ1) is 16.8. The third-order valence-electron chi connectivity index (χ3n) is 9.10. The molecule has 2 aliphatic heterocycles. The molecule has 6 rings (SSSR count). The second kappa shape index (κ2) is 7.73. The lowest BCUT2D eigenvalue weighted by molar-refractivity contribution is -0.198. The Morgan fingerprint density at radius 2 is 2.17 bits per heavy atom. The lowest BCUT2D eigenvalue weighted by atomic mass is 9.48. The molecule has 184 valence electrons. The molecule has 7 heteroatoms. The van der Waals surface area contributed by atoms with Gasteiger partial charge >= 0.3 is 0 Å². The topological polar surface area (TPSA) is 99.3 Å². The molecule has 2 bridgehead atoms. The van der Waals surface area contributed by atoms with Crippen LogP contribution in [0.2, 0.25) is 0 Å². The van der Waals surface area contributed by atoms with E-state index in [0.717, 1.165) is 29.8 Å². The molecule has 7 nitrogen and oxygen atoms in total. The Hall–Kier alpha value is -3.03. The Morgan fingerprint density at radius 1 is 1.34 bits per heavy atom. The van der Waals surface area contributed by atoms with Gasteiger partial charge < -0.3 is 25.6 Å². The van der Waals surface area contributed by atoms with E-state index in [0.29, 0.717) is 37.1 Å². The van der Waals surface area contributed by atoms with Gasteiger partial charge in [0, 0.05) is 30.9 Å². The van der Waals surface area contributed by atoms with Crippen molar-refractivity contribution in [3.8, 4) is 11.5 Å². The summed E-state index contributed by atoms with van der Waals surface area (Å²) in [7, 11) is 1.83. The van der Waals surface area contributed by atoms with Gasteiger partial charge in [-0.2, -0.15) is 0 Å². The molecule has 1 saturated heterocycles. The first-order valence-corrected chi connectivity index (χ1v) is 12.5. The van der Waals surface area contributed by atoms with Gasteiger partial charge in [-0.25, -0.2) is 0 Å². The molecule has 35 heavy (non-hydrogen) atoms. The number of phenolic OH excluding ortho intramolecular Hbond substituents is 1. The fourth-order valence-corrected chi connectivity index (χ4v) is 7.57. The summed E-state index contributed by atoms with van der Waals surface area (Å²) in [6.07, 6.45) is 4.34. The molecule has 2 heterocycles. The second-order valence-corrected chi connectivity index (χ2v) is 10.7. The van der Waals surface area contributed by atoms with Crippen LogP contribution in [-0.2, 0) is 23.1 Å². The Labute approximate surface area is 205 Å². The zero-order chi connectivity index (χ0) is 24.5. The van der Waals surface area contributed by atoms with Crippen LogP contribution in [-0.4, -0.2) is 69.8 Å². The number of anilines is 1. The van der Waals surface area contributed by atoms with Crippen molar-refractivity contribution < 1.29 is 19.7 Å². The number of piperidine rings is 1. The number of ether oxygens (including phenoxy) is 1. The number of phenols is 1. The number of hydrogen-bond donors (Lipinski definition) is 3. The molecule has 1 amide bonds. The van der Waals surface area contributed by atoms with Gasteiger partial charge in [0.05, 0.1) is 23.5 Å². The minimum Gasteiger partial charge on any atom is -0.504 e. The largest absolute Gasteiger partial charge is 0.504 e. The first kappa shape index (κ1) is 22.4. The predicted octanol–water partition coefficient (Wildman–Crippen LogP) is 2.38. The van der Waals surface area contributed by atoms with E-state index in [1.165, 1.54) is 0 Å². The van der Waals surface area contributed by atoms with E-state index in [-0.39, 0.29) is 30.2 Å². The van der Waals surface area contributed by atoms with Gasteiger partial charge in [-0.15, -0.1) is 6.58 Å². The molecule has 1 spiro atoms. The summed E-state index contributed by atoms with van der Waals surface area (Å²) >= 11 is 0. The molecule has 4 aliphatic rings. The number of benzene rings is 2. The van der Waals surface area contributed by atoms with Gasteiger partial charge in [-0.1, -0.05) is 24.3 Å². The summed E-state index contributed by atoms with van der Waals surface area (Å²) in [5.74, 6) is 0.586. The van der Waals surface area contributed by atoms with Crippen molar-refractivity contribution in [3.05, 3.63) is 65.7 Å². The van der Waals surface area contributed by atoms with E-state index in [4.69, 9.17) is 10.5 Å². The molecule has 2 aliphatic carbocycles. The van der Waals surface area contributed by atoms with Crippen molar-refractivity contribution in [2.75, 3.05) is 25.9 Å². The van der Waals surface area contributed by atoms with Crippen molar-refractivity contribution in [3.63, 3.8) is 0 Å². The molecule has 2 aromatic carbocycles. The van der Waals surface area contributed by atoms with Gasteiger partial charge in [0.15, 0.2) is 11.5 Å². The predicted molar refractivity (Wildman–Crippen MR) is 133 cm³/mol. The van der Waals surface area contributed by atoms with Crippen LogP contribution in [0.3, 0.4) is 0 Å².